The van der Waals surface area contributed by atoms with Crippen LogP contribution in [0.25, 0.3) is 11.3 Å². The van der Waals surface area contributed by atoms with Crippen molar-refractivity contribution in [2.24, 2.45) is 0 Å². The van der Waals surface area contributed by atoms with Gasteiger partial charge in [-0.15, -0.1) is 0 Å². The second kappa shape index (κ2) is 7.76. The second-order valence-corrected chi connectivity index (χ2v) is 6.12. The summed E-state index contributed by atoms with van der Waals surface area (Å²) in [7, 11) is 0. The van der Waals surface area contributed by atoms with Gasteiger partial charge in [0.25, 0.3) is 0 Å². The van der Waals surface area contributed by atoms with Gasteiger partial charge in [-0.2, -0.15) is 18.3 Å². The molecule has 1 aromatic heterocycles. The Labute approximate surface area is 160 Å². The fourth-order valence-electron chi connectivity index (χ4n) is 2.78. The van der Waals surface area contributed by atoms with Crippen LogP contribution in [-0.4, -0.2) is 9.78 Å². The van der Waals surface area contributed by atoms with Crippen molar-refractivity contribution in [3.63, 3.8) is 0 Å². The number of aryl methyl sites for hydroxylation is 1. The van der Waals surface area contributed by atoms with Crippen molar-refractivity contribution < 1.29 is 30.7 Å². The molecule has 3 aromatic rings. The van der Waals surface area contributed by atoms with Crippen LogP contribution in [0.4, 0.5) is 36.4 Å². The van der Waals surface area contributed by atoms with E-state index in [2.05, 4.69) is 10.4 Å². The standard InChI is InChI=1S/C19H14F7N3/c1-2-29-17(8-18(28-29)19(24,25)26)12-4-3-11(7-16(12)23)27-9-13-14(21)5-10(20)6-15(13)22/h3-8,27H,2,9H2,1H3. The summed E-state index contributed by atoms with van der Waals surface area (Å²) < 4.78 is 94.5. The zero-order valence-electron chi connectivity index (χ0n) is 14.9. The van der Waals surface area contributed by atoms with Crippen LogP contribution in [0.15, 0.2) is 36.4 Å². The summed E-state index contributed by atoms with van der Waals surface area (Å²) in [5, 5.41) is 6.03. The fourth-order valence-corrected chi connectivity index (χ4v) is 2.78. The van der Waals surface area contributed by atoms with E-state index in [4.69, 9.17) is 0 Å². The van der Waals surface area contributed by atoms with Gasteiger partial charge in [-0.05, 0) is 31.2 Å². The SMILES string of the molecule is CCn1nc(C(F)(F)F)cc1-c1ccc(NCc2c(F)cc(F)cc2F)cc1F. The molecule has 2 aromatic carbocycles. The molecule has 0 saturated heterocycles. The Hall–Kier alpha value is -3.04. The lowest BCUT2D eigenvalue weighted by Crippen LogP contribution is -2.07. The van der Waals surface area contributed by atoms with E-state index in [-0.39, 0.29) is 30.0 Å². The van der Waals surface area contributed by atoms with E-state index in [9.17, 15) is 30.7 Å². The maximum absolute atomic E-state index is 14.5. The smallest absolute Gasteiger partial charge is 0.381 e. The first-order chi connectivity index (χ1) is 13.6. The van der Waals surface area contributed by atoms with E-state index in [1.807, 2.05) is 0 Å². The summed E-state index contributed by atoms with van der Waals surface area (Å²) in [5.41, 5.74) is -1.61. The van der Waals surface area contributed by atoms with Crippen LogP contribution in [0.1, 0.15) is 18.2 Å². The van der Waals surface area contributed by atoms with Gasteiger partial charge in [-0.25, -0.2) is 17.6 Å². The zero-order valence-corrected chi connectivity index (χ0v) is 14.9. The van der Waals surface area contributed by atoms with Crippen LogP contribution in [0.3, 0.4) is 0 Å². The minimum atomic E-state index is -4.67. The summed E-state index contributed by atoms with van der Waals surface area (Å²) in [6.45, 7) is 1.27. The number of halogens is 7. The first-order valence-corrected chi connectivity index (χ1v) is 8.42. The average Bonchev–Trinajstić information content (AvgIpc) is 3.05. The maximum atomic E-state index is 14.5. The van der Waals surface area contributed by atoms with Crippen molar-refractivity contribution >= 4 is 5.69 Å². The zero-order chi connectivity index (χ0) is 21.3. The normalized spacial score (nSPS) is 11.7. The van der Waals surface area contributed by atoms with Crippen molar-refractivity contribution in [2.45, 2.75) is 26.2 Å². The molecule has 0 saturated carbocycles. The molecule has 154 valence electrons. The Morgan fingerprint density at radius 1 is 0.931 bits per heavy atom. The van der Waals surface area contributed by atoms with E-state index in [1.165, 1.54) is 12.1 Å². The van der Waals surface area contributed by atoms with Gasteiger partial charge in [-0.1, -0.05) is 0 Å². The van der Waals surface area contributed by atoms with E-state index >= 15 is 0 Å². The molecule has 0 aliphatic rings. The third-order valence-corrected chi connectivity index (χ3v) is 4.19. The minimum absolute atomic E-state index is 0.0560. The molecule has 1 heterocycles. The van der Waals surface area contributed by atoms with Crippen LogP contribution >= 0.6 is 0 Å². The fraction of sp³-hybridized carbons (Fsp3) is 0.211. The van der Waals surface area contributed by atoms with E-state index in [1.54, 1.807) is 6.92 Å². The quantitative estimate of drug-likeness (QED) is 0.535. The maximum Gasteiger partial charge on any atom is 0.435 e. The second-order valence-electron chi connectivity index (χ2n) is 6.12. The summed E-state index contributed by atoms with van der Waals surface area (Å²) in [6, 6.07) is 5.35. The molecule has 0 fully saturated rings. The summed E-state index contributed by atoms with van der Waals surface area (Å²) in [5.74, 6) is -4.11. The van der Waals surface area contributed by atoms with Crippen LogP contribution in [0.2, 0.25) is 0 Å². The molecule has 0 aliphatic heterocycles. The highest BCUT2D eigenvalue weighted by Gasteiger charge is 2.35. The molecule has 0 unspecified atom stereocenters. The van der Waals surface area contributed by atoms with E-state index in [0.717, 1.165) is 16.8 Å². The summed E-state index contributed by atoms with van der Waals surface area (Å²) in [6.07, 6.45) is -4.67. The number of aromatic nitrogens is 2. The molecular formula is C19H14F7N3. The van der Waals surface area contributed by atoms with Gasteiger partial charge < -0.3 is 5.32 Å². The molecule has 0 bridgehead atoms. The summed E-state index contributed by atoms with van der Waals surface area (Å²) in [4.78, 5) is 0. The molecule has 1 N–H and O–H groups in total. The molecule has 3 rings (SSSR count). The van der Waals surface area contributed by atoms with Gasteiger partial charge in [0.2, 0.25) is 0 Å². The molecule has 0 amide bonds. The van der Waals surface area contributed by atoms with Crippen LogP contribution < -0.4 is 5.32 Å². The van der Waals surface area contributed by atoms with Crippen molar-refractivity contribution in [2.75, 3.05) is 5.32 Å². The highest BCUT2D eigenvalue weighted by Crippen LogP contribution is 2.33. The molecule has 0 radical (unpaired) electrons. The van der Waals surface area contributed by atoms with Crippen LogP contribution in [0.5, 0.6) is 0 Å². The van der Waals surface area contributed by atoms with Crippen molar-refractivity contribution in [1.82, 2.24) is 9.78 Å². The van der Waals surface area contributed by atoms with Gasteiger partial charge in [0.1, 0.15) is 23.3 Å². The Bertz CT molecular complexity index is 1020. The predicted octanol–water partition coefficient (Wildman–Crippen LogP) is 5.76. The molecule has 10 heteroatoms. The predicted molar refractivity (Wildman–Crippen MR) is 91.9 cm³/mol. The number of rotatable bonds is 5. The average molecular weight is 417 g/mol. The van der Waals surface area contributed by atoms with Gasteiger partial charge in [0.05, 0.1) is 5.69 Å². The third-order valence-electron chi connectivity index (χ3n) is 4.19. The molecule has 29 heavy (non-hydrogen) atoms. The summed E-state index contributed by atoms with van der Waals surface area (Å²) >= 11 is 0. The van der Waals surface area contributed by atoms with Crippen molar-refractivity contribution in [3.05, 3.63) is 70.9 Å². The minimum Gasteiger partial charge on any atom is -0.381 e. The molecule has 0 spiro atoms. The number of nitrogens with one attached hydrogen (secondary N) is 1. The number of nitrogens with zero attached hydrogens (tertiary/aromatic N) is 2. The largest absolute Gasteiger partial charge is 0.435 e. The Morgan fingerprint density at radius 3 is 2.14 bits per heavy atom. The lowest BCUT2D eigenvalue weighted by molar-refractivity contribution is -0.141. The monoisotopic (exact) mass is 417 g/mol. The van der Waals surface area contributed by atoms with Gasteiger partial charge in [0.15, 0.2) is 5.69 Å². The van der Waals surface area contributed by atoms with Gasteiger partial charge in [0, 0.05) is 42.0 Å². The number of alkyl halides is 3. The number of hydrogen-bond donors (Lipinski definition) is 1. The molecule has 0 atom stereocenters. The Balaban J connectivity index is 1.86. The first-order valence-electron chi connectivity index (χ1n) is 8.42. The molecule has 3 nitrogen and oxygen atoms in total. The van der Waals surface area contributed by atoms with Gasteiger partial charge >= 0.3 is 6.18 Å². The van der Waals surface area contributed by atoms with Crippen molar-refractivity contribution in [3.8, 4) is 11.3 Å². The lowest BCUT2D eigenvalue weighted by Gasteiger charge is -2.11. The van der Waals surface area contributed by atoms with Crippen molar-refractivity contribution in [1.29, 1.82) is 0 Å². The number of benzene rings is 2. The number of anilines is 1. The number of hydrogen-bond acceptors (Lipinski definition) is 2. The molecular weight excluding hydrogens is 403 g/mol. The highest BCUT2D eigenvalue weighted by atomic mass is 19.4. The van der Waals surface area contributed by atoms with Crippen LogP contribution in [0, 0.1) is 23.3 Å². The Kier molecular flexibility index (Phi) is 5.54. The van der Waals surface area contributed by atoms with E-state index in [0.29, 0.717) is 12.1 Å². The first kappa shape index (κ1) is 20.7. The Morgan fingerprint density at radius 2 is 1.59 bits per heavy atom. The molecule has 0 aliphatic carbocycles. The van der Waals surface area contributed by atoms with Crippen LogP contribution in [-0.2, 0) is 19.3 Å². The van der Waals surface area contributed by atoms with E-state index < -0.39 is 40.7 Å². The topological polar surface area (TPSA) is 29.9 Å². The lowest BCUT2D eigenvalue weighted by atomic mass is 10.1. The highest BCUT2D eigenvalue weighted by molar-refractivity contribution is 5.64. The third kappa shape index (κ3) is 4.36. The van der Waals surface area contributed by atoms with Gasteiger partial charge in [-0.3, -0.25) is 4.68 Å².